The Bertz CT molecular complexity index is 937. The standard InChI is InChI=1S/C17H12BrCl2NO2S2/c18-13-15(17(20)24-16(13)19)25(22,23)21-14(11-7-3-1-4-8-11)12-9-5-2-6-10-12/h1-10,14,21H. The third-order valence-electron chi connectivity index (χ3n) is 3.54. The van der Waals surface area contributed by atoms with Crippen molar-refractivity contribution in [2.75, 3.05) is 0 Å². The van der Waals surface area contributed by atoms with Crippen LogP contribution >= 0.6 is 50.5 Å². The fourth-order valence-electron chi connectivity index (χ4n) is 2.40. The van der Waals surface area contributed by atoms with E-state index < -0.39 is 16.1 Å². The number of sulfonamides is 1. The fourth-order valence-corrected chi connectivity index (χ4v) is 7.17. The monoisotopic (exact) mass is 475 g/mol. The average Bonchev–Trinajstić information content (AvgIpc) is 2.87. The Labute approximate surface area is 168 Å². The number of hydrogen-bond acceptors (Lipinski definition) is 3. The molecule has 1 N–H and O–H groups in total. The topological polar surface area (TPSA) is 46.2 Å². The summed E-state index contributed by atoms with van der Waals surface area (Å²) in [5, 5.41) is 0. The van der Waals surface area contributed by atoms with Gasteiger partial charge in [0, 0.05) is 0 Å². The van der Waals surface area contributed by atoms with Crippen LogP contribution in [0, 0.1) is 0 Å². The molecule has 0 unspecified atom stereocenters. The van der Waals surface area contributed by atoms with Crippen LogP contribution in [0.1, 0.15) is 17.2 Å². The van der Waals surface area contributed by atoms with Crippen molar-refractivity contribution in [2.45, 2.75) is 10.9 Å². The molecule has 0 amide bonds. The average molecular weight is 477 g/mol. The molecule has 2 aromatic carbocycles. The van der Waals surface area contributed by atoms with Gasteiger partial charge in [0.25, 0.3) is 0 Å². The van der Waals surface area contributed by atoms with Gasteiger partial charge in [-0.15, -0.1) is 11.3 Å². The number of halogens is 3. The van der Waals surface area contributed by atoms with Crippen LogP contribution in [-0.2, 0) is 10.0 Å². The quantitative estimate of drug-likeness (QED) is 0.499. The summed E-state index contributed by atoms with van der Waals surface area (Å²) >= 11 is 16.3. The van der Waals surface area contributed by atoms with Gasteiger partial charge in [0.15, 0.2) is 0 Å². The van der Waals surface area contributed by atoms with Crippen molar-refractivity contribution in [1.82, 2.24) is 4.72 Å². The summed E-state index contributed by atoms with van der Waals surface area (Å²) < 4.78 is 29.4. The molecule has 1 heterocycles. The Kier molecular flexibility index (Phi) is 5.88. The minimum Gasteiger partial charge on any atom is -0.207 e. The number of rotatable bonds is 5. The second kappa shape index (κ2) is 7.78. The number of thiophene rings is 1. The lowest BCUT2D eigenvalue weighted by molar-refractivity contribution is 0.572. The third-order valence-corrected chi connectivity index (χ3v) is 8.42. The molecule has 0 bridgehead atoms. The Morgan fingerprint density at radius 1 is 0.880 bits per heavy atom. The summed E-state index contributed by atoms with van der Waals surface area (Å²) in [7, 11) is -3.90. The molecule has 0 spiro atoms. The van der Waals surface area contributed by atoms with Crippen LogP contribution in [0.3, 0.4) is 0 Å². The highest BCUT2D eigenvalue weighted by Gasteiger charge is 2.29. The van der Waals surface area contributed by atoms with E-state index in [0.717, 1.165) is 22.5 Å². The second-order valence-corrected chi connectivity index (χ2v) is 9.84. The number of benzene rings is 2. The van der Waals surface area contributed by atoms with E-state index in [1.807, 2.05) is 60.7 Å². The van der Waals surface area contributed by atoms with Gasteiger partial charge in [-0.05, 0) is 27.1 Å². The molecule has 0 saturated heterocycles. The molecule has 8 heteroatoms. The summed E-state index contributed by atoms with van der Waals surface area (Å²) in [4.78, 5) is -0.0407. The summed E-state index contributed by atoms with van der Waals surface area (Å²) in [6.45, 7) is 0. The first-order chi connectivity index (χ1) is 11.9. The molecule has 3 rings (SSSR count). The number of nitrogens with one attached hydrogen (secondary N) is 1. The molecular formula is C17H12BrCl2NO2S2. The Morgan fingerprint density at radius 3 is 1.76 bits per heavy atom. The predicted octanol–water partition coefficient (Wildman–Crippen LogP) is 5.89. The maximum atomic E-state index is 13.0. The van der Waals surface area contributed by atoms with Crippen molar-refractivity contribution >= 4 is 60.5 Å². The SMILES string of the molecule is O=S(=O)(NC(c1ccccc1)c1ccccc1)c1c(Cl)sc(Cl)c1Br. The van der Waals surface area contributed by atoms with Gasteiger partial charge in [-0.2, -0.15) is 4.72 Å². The first-order valence-corrected chi connectivity index (χ1v) is 11.0. The van der Waals surface area contributed by atoms with Crippen LogP contribution < -0.4 is 4.72 Å². The highest BCUT2D eigenvalue weighted by molar-refractivity contribution is 9.10. The van der Waals surface area contributed by atoms with E-state index in [1.54, 1.807) is 0 Å². The summed E-state index contributed by atoms with van der Waals surface area (Å²) in [5.74, 6) is 0. The van der Waals surface area contributed by atoms with Gasteiger partial charge in [0.05, 0.1) is 10.5 Å². The van der Waals surface area contributed by atoms with Crippen LogP contribution in [0.25, 0.3) is 0 Å². The number of hydrogen-bond donors (Lipinski definition) is 1. The molecule has 130 valence electrons. The maximum Gasteiger partial charge on any atom is 0.244 e. The second-order valence-electron chi connectivity index (χ2n) is 5.17. The maximum absolute atomic E-state index is 13.0. The highest BCUT2D eigenvalue weighted by atomic mass is 79.9. The van der Waals surface area contributed by atoms with Gasteiger partial charge in [0.1, 0.15) is 13.6 Å². The Morgan fingerprint density at radius 2 is 1.36 bits per heavy atom. The molecule has 0 aliphatic carbocycles. The largest absolute Gasteiger partial charge is 0.244 e. The van der Waals surface area contributed by atoms with Crippen molar-refractivity contribution in [3.63, 3.8) is 0 Å². The molecule has 0 atom stereocenters. The van der Waals surface area contributed by atoms with Crippen molar-refractivity contribution in [3.05, 3.63) is 84.9 Å². The highest BCUT2D eigenvalue weighted by Crippen LogP contribution is 2.43. The lowest BCUT2D eigenvalue weighted by Gasteiger charge is -2.20. The van der Waals surface area contributed by atoms with E-state index in [9.17, 15) is 8.42 Å². The third kappa shape index (κ3) is 4.10. The van der Waals surface area contributed by atoms with Crippen LogP contribution in [0.15, 0.2) is 70.0 Å². The molecule has 0 aliphatic rings. The van der Waals surface area contributed by atoms with E-state index in [2.05, 4.69) is 20.7 Å². The summed E-state index contributed by atoms with van der Waals surface area (Å²) in [6.07, 6.45) is 0. The van der Waals surface area contributed by atoms with E-state index in [-0.39, 0.29) is 13.7 Å². The van der Waals surface area contributed by atoms with Crippen molar-refractivity contribution in [2.24, 2.45) is 0 Å². The van der Waals surface area contributed by atoms with Crippen molar-refractivity contribution in [1.29, 1.82) is 0 Å². The molecule has 0 aliphatic heterocycles. The molecular weight excluding hydrogens is 465 g/mol. The Hall–Kier alpha value is -0.890. The fraction of sp³-hybridized carbons (Fsp3) is 0.0588. The van der Waals surface area contributed by atoms with Gasteiger partial charge in [0.2, 0.25) is 10.0 Å². The van der Waals surface area contributed by atoms with Gasteiger partial charge in [-0.1, -0.05) is 83.9 Å². The zero-order chi connectivity index (χ0) is 18.0. The first-order valence-electron chi connectivity index (χ1n) is 7.15. The van der Waals surface area contributed by atoms with Gasteiger partial charge >= 0.3 is 0 Å². The van der Waals surface area contributed by atoms with Crippen LogP contribution in [-0.4, -0.2) is 8.42 Å². The molecule has 0 fully saturated rings. The van der Waals surface area contributed by atoms with Crippen molar-refractivity contribution in [3.8, 4) is 0 Å². The molecule has 3 aromatic rings. The van der Waals surface area contributed by atoms with E-state index in [0.29, 0.717) is 4.34 Å². The molecule has 0 radical (unpaired) electrons. The van der Waals surface area contributed by atoms with E-state index in [4.69, 9.17) is 23.2 Å². The van der Waals surface area contributed by atoms with E-state index in [1.165, 1.54) is 0 Å². The zero-order valence-electron chi connectivity index (χ0n) is 12.6. The predicted molar refractivity (Wildman–Crippen MR) is 107 cm³/mol. The first kappa shape index (κ1) is 18.9. The molecule has 0 saturated carbocycles. The summed E-state index contributed by atoms with van der Waals surface area (Å²) in [6, 6.07) is 18.2. The van der Waals surface area contributed by atoms with Gasteiger partial charge < -0.3 is 0 Å². The molecule has 3 nitrogen and oxygen atoms in total. The van der Waals surface area contributed by atoms with Crippen LogP contribution in [0.2, 0.25) is 8.67 Å². The smallest absolute Gasteiger partial charge is 0.207 e. The van der Waals surface area contributed by atoms with E-state index >= 15 is 0 Å². The normalized spacial score (nSPS) is 11.8. The van der Waals surface area contributed by atoms with Gasteiger partial charge in [-0.3, -0.25) is 0 Å². The van der Waals surface area contributed by atoms with Crippen LogP contribution in [0.4, 0.5) is 0 Å². The minimum atomic E-state index is -3.90. The lowest BCUT2D eigenvalue weighted by atomic mass is 10.00. The van der Waals surface area contributed by atoms with Crippen LogP contribution in [0.5, 0.6) is 0 Å². The zero-order valence-corrected chi connectivity index (χ0v) is 17.3. The molecule has 1 aromatic heterocycles. The summed E-state index contributed by atoms with van der Waals surface area (Å²) in [5.41, 5.74) is 1.65. The molecule has 25 heavy (non-hydrogen) atoms. The Balaban J connectivity index is 2.06. The minimum absolute atomic E-state index is 0.0407. The van der Waals surface area contributed by atoms with Gasteiger partial charge in [-0.25, -0.2) is 8.42 Å². The van der Waals surface area contributed by atoms with Crippen molar-refractivity contribution < 1.29 is 8.42 Å². The lowest BCUT2D eigenvalue weighted by Crippen LogP contribution is -2.29.